The van der Waals surface area contributed by atoms with Crippen molar-refractivity contribution in [1.29, 1.82) is 0 Å². The highest BCUT2D eigenvalue weighted by Crippen LogP contribution is 2.49. The molecule has 8 heterocycles. The molecule has 8 aromatic heterocycles. The van der Waals surface area contributed by atoms with Crippen LogP contribution in [0.1, 0.15) is 70.1 Å². The number of fused-ring (bicyclic) bond motifs is 26. The summed E-state index contributed by atoms with van der Waals surface area (Å²) in [5.74, 6) is 0. The Bertz CT molecular complexity index is 7590. The van der Waals surface area contributed by atoms with E-state index in [4.69, 9.17) is 17.7 Å². The molecule has 0 aliphatic carbocycles. The fourth-order valence-electron chi connectivity index (χ4n) is 21.4. The molecular formula is C105H83B3N4O4. The van der Waals surface area contributed by atoms with Crippen molar-refractivity contribution in [2.45, 2.75) is 99.4 Å². The lowest BCUT2D eigenvalue weighted by Crippen LogP contribution is -2.54. The van der Waals surface area contributed by atoms with Crippen molar-refractivity contribution < 1.29 is 17.7 Å². The molecule has 116 heavy (non-hydrogen) atoms. The quantitative estimate of drug-likeness (QED) is 0.0852. The van der Waals surface area contributed by atoms with Gasteiger partial charge in [-0.15, -0.1) is 0 Å². The normalized spacial score (nSPS) is 12.4. The molecule has 0 radical (unpaired) electrons. The van der Waals surface area contributed by atoms with E-state index in [1.807, 2.05) is 0 Å². The van der Waals surface area contributed by atoms with Crippen LogP contribution in [-0.2, 0) is 0 Å². The third-order valence-electron chi connectivity index (χ3n) is 26.1. The van der Waals surface area contributed by atoms with Gasteiger partial charge in [-0.05, 0) is 118 Å². The van der Waals surface area contributed by atoms with Gasteiger partial charge in [0.1, 0.15) is 22.3 Å². The van der Waals surface area contributed by atoms with Crippen LogP contribution in [0.25, 0.3) is 198 Å². The van der Waals surface area contributed by atoms with Crippen LogP contribution < -0.4 is 27.3 Å². The number of aromatic nitrogens is 4. The molecule has 0 aliphatic rings. The van der Waals surface area contributed by atoms with Crippen LogP contribution in [0.15, 0.2) is 297 Å². The van der Waals surface area contributed by atoms with Gasteiger partial charge < -0.3 is 35.9 Å². The second kappa shape index (κ2) is 26.5. The summed E-state index contributed by atoms with van der Waals surface area (Å²) >= 11 is 0. The van der Waals surface area contributed by atoms with Crippen molar-refractivity contribution in [1.82, 2.24) is 18.3 Å². The molecule has 23 rings (SSSR count). The zero-order valence-electron chi connectivity index (χ0n) is 66.4. The fraction of sp³-hybridized carbons (Fsp3) is 0.143. The zero-order chi connectivity index (χ0) is 77.5. The number of furan rings is 4. The highest BCUT2D eigenvalue weighted by Gasteiger charge is 2.32. The molecule has 0 saturated carbocycles. The van der Waals surface area contributed by atoms with Crippen LogP contribution in [0.5, 0.6) is 0 Å². The molecule has 0 bridgehead atoms. The maximum atomic E-state index is 7.28. The van der Waals surface area contributed by atoms with Crippen LogP contribution in [0, 0.1) is 20.8 Å². The first-order valence-electron chi connectivity index (χ1n) is 41.9. The molecule has 0 unspecified atom stereocenters. The predicted molar refractivity (Wildman–Crippen MR) is 496 cm³/mol. The van der Waals surface area contributed by atoms with E-state index in [-0.39, 0.29) is 6.71 Å². The molecule has 0 aliphatic heterocycles. The zero-order valence-corrected chi connectivity index (χ0v) is 66.4. The summed E-state index contributed by atoms with van der Waals surface area (Å²) in [6, 6.07) is 104. The number of benzene rings is 15. The standard InChI is InChI=1S/C105H83B3N4O4/c1-8-52-106(53-9-2)65-40-48-93-77(58-65)69-28-20-36-89(102(69)113-93)109-81-32-16-12-24-73(81)97-85(109)44-46-87-99(97)75-26-14-18-34-83(75)111(87)91-38-22-30-71-79-60-67(42-50-95(79)115-104(71)91)108(101-63(6)56-62(5)57-64(101)7)68-43-51-96-80(61-68)72-31-23-39-92(105(72)116-96)112-84-35-19-15-27-76(84)100-88(112)47-45-86-98(100)74-25-13-17-33-82(74)110(86)90-37-21-29-70-78-59-66(107(54-10-3)55-11-4)41-49-94(78)114-103(70)90/h12-51,56-61H,8-11,52-55H2,1-7H3. The number of para-hydroxylation sites is 8. The third kappa shape index (κ3) is 10.0. The lowest BCUT2D eigenvalue weighted by molar-refractivity contribution is 0.666. The van der Waals surface area contributed by atoms with E-state index in [2.05, 4.69) is 346 Å². The molecule has 11 heteroatoms. The summed E-state index contributed by atoms with van der Waals surface area (Å²) in [6.45, 7) is 16.9. The first kappa shape index (κ1) is 68.5. The Balaban J connectivity index is 0.654. The molecule has 0 spiro atoms. The molecule has 0 amide bonds. The lowest BCUT2D eigenvalue weighted by atomic mass is 9.35. The average molecular weight is 1500 g/mol. The van der Waals surface area contributed by atoms with Gasteiger partial charge in [-0.3, -0.25) is 0 Å². The van der Waals surface area contributed by atoms with E-state index in [1.54, 1.807) is 0 Å². The molecule has 0 saturated heterocycles. The van der Waals surface area contributed by atoms with Gasteiger partial charge in [0.05, 0.1) is 66.9 Å². The topological polar surface area (TPSA) is 72.3 Å². The van der Waals surface area contributed by atoms with Gasteiger partial charge in [0.2, 0.25) is 6.71 Å². The Morgan fingerprint density at radius 3 is 0.784 bits per heavy atom. The second-order valence-electron chi connectivity index (χ2n) is 33.0. The smallest absolute Gasteiger partial charge is 0.241 e. The Morgan fingerprint density at radius 2 is 0.500 bits per heavy atom. The fourth-order valence-corrected chi connectivity index (χ4v) is 21.4. The van der Waals surface area contributed by atoms with E-state index in [1.165, 1.54) is 123 Å². The molecule has 15 aromatic carbocycles. The Morgan fingerprint density at radius 1 is 0.241 bits per heavy atom. The minimum absolute atomic E-state index is 0.143. The number of hydrogen-bond acceptors (Lipinski definition) is 4. The molecule has 0 N–H and O–H groups in total. The second-order valence-corrected chi connectivity index (χ2v) is 33.0. The van der Waals surface area contributed by atoms with Gasteiger partial charge in [0.25, 0.3) is 0 Å². The summed E-state index contributed by atoms with van der Waals surface area (Å²) < 4.78 is 38.3. The molecule has 8 nitrogen and oxygen atoms in total. The van der Waals surface area contributed by atoms with E-state index in [0.29, 0.717) is 13.4 Å². The monoisotopic (exact) mass is 1500 g/mol. The van der Waals surface area contributed by atoms with Crippen LogP contribution >= 0.6 is 0 Å². The molecule has 0 fully saturated rings. The first-order valence-corrected chi connectivity index (χ1v) is 41.9. The maximum Gasteiger partial charge on any atom is 0.241 e. The van der Waals surface area contributed by atoms with Gasteiger partial charge in [-0.1, -0.05) is 305 Å². The summed E-state index contributed by atoms with van der Waals surface area (Å²) in [5, 5.41) is 18.5. The SMILES string of the molecule is CCCB(CCC)c1ccc2oc3c(-n4c5ccccc5c5c6c7ccccc7n(-c7cccc8c7oc7ccc(B(c9ccc%10oc%11c(-n%12c%13ccccc%13c%13c%14c%15ccccc%15n(-c%15cccc%16c%15oc%15ccc(B(CCC)CCC)cc%15%16)c%14ccc%13%12)cccc%11c%10c9)c9c(C)cc(C)cc9C)cc78)c6ccc54)cccc3c2c1. The van der Waals surface area contributed by atoms with Crippen LogP contribution in [0.3, 0.4) is 0 Å². The maximum absolute atomic E-state index is 7.28. The van der Waals surface area contributed by atoms with Crippen molar-refractivity contribution in [3.05, 3.63) is 296 Å². The average Bonchev–Trinajstić information content (AvgIpc) is 1.54. The van der Waals surface area contributed by atoms with E-state index < -0.39 is 0 Å². The summed E-state index contributed by atoms with van der Waals surface area (Å²) in [4.78, 5) is 0. The van der Waals surface area contributed by atoms with Gasteiger partial charge in [0, 0.05) is 86.2 Å². The van der Waals surface area contributed by atoms with Gasteiger partial charge >= 0.3 is 0 Å². The van der Waals surface area contributed by atoms with Gasteiger partial charge in [-0.25, -0.2) is 0 Å². The minimum Gasteiger partial charge on any atom is -0.454 e. The van der Waals surface area contributed by atoms with Crippen LogP contribution in [0.2, 0.25) is 25.3 Å². The van der Waals surface area contributed by atoms with Crippen molar-refractivity contribution in [2.75, 3.05) is 0 Å². The minimum atomic E-state index is -0.143. The van der Waals surface area contributed by atoms with Crippen molar-refractivity contribution >= 4 is 222 Å². The third-order valence-corrected chi connectivity index (χ3v) is 26.1. The number of rotatable bonds is 17. The molecule has 0 atom stereocenters. The number of hydrogen-bond donors (Lipinski definition) is 0. The van der Waals surface area contributed by atoms with Crippen molar-refractivity contribution in [2.24, 2.45) is 0 Å². The van der Waals surface area contributed by atoms with Gasteiger partial charge in [0.15, 0.2) is 35.8 Å². The summed E-state index contributed by atoms with van der Waals surface area (Å²) in [5.41, 5.74) is 30.2. The first-order chi connectivity index (χ1) is 57.1. The van der Waals surface area contributed by atoms with Crippen molar-refractivity contribution in [3.63, 3.8) is 0 Å². The van der Waals surface area contributed by atoms with Crippen molar-refractivity contribution in [3.8, 4) is 22.7 Å². The van der Waals surface area contributed by atoms with E-state index in [0.717, 1.165) is 170 Å². The lowest BCUT2D eigenvalue weighted by Gasteiger charge is -2.21. The highest BCUT2D eigenvalue weighted by atomic mass is 16.3. The molecular weight excluding hydrogens is 1410 g/mol. The predicted octanol–water partition coefficient (Wildman–Crippen LogP) is 26.2. The highest BCUT2D eigenvalue weighted by molar-refractivity contribution is 6.96. The van der Waals surface area contributed by atoms with E-state index >= 15 is 0 Å². The van der Waals surface area contributed by atoms with Gasteiger partial charge in [-0.2, -0.15) is 0 Å². The largest absolute Gasteiger partial charge is 0.454 e. The number of aryl methyl sites for hydroxylation is 3. The summed E-state index contributed by atoms with van der Waals surface area (Å²) in [6.07, 6.45) is 9.39. The Kier molecular flexibility index (Phi) is 15.6. The van der Waals surface area contributed by atoms with Crippen LogP contribution in [-0.4, -0.2) is 38.4 Å². The van der Waals surface area contributed by atoms with E-state index in [9.17, 15) is 0 Å². The molecule has 556 valence electrons. The Hall–Kier alpha value is -13.1. The summed E-state index contributed by atoms with van der Waals surface area (Å²) in [7, 11) is 0. The Labute approximate surface area is 671 Å². The molecule has 23 aromatic rings. The van der Waals surface area contributed by atoms with Crippen LogP contribution in [0.4, 0.5) is 0 Å². The number of nitrogens with zero attached hydrogens (tertiary/aromatic N) is 4.